The predicted molar refractivity (Wildman–Crippen MR) is 57.0 cm³/mol. The average Bonchev–Trinajstić information content (AvgIpc) is 2.12. The van der Waals surface area contributed by atoms with Crippen molar-refractivity contribution in [3.05, 3.63) is 22.1 Å². The third-order valence-electron chi connectivity index (χ3n) is 1.71. The number of anilines is 1. The highest BCUT2D eigenvalue weighted by atomic mass is 16.1. The van der Waals surface area contributed by atoms with Gasteiger partial charge in [-0.3, -0.25) is 14.6 Å². The molecule has 0 aliphatic rings. The summed E-state index contributed by atoms with van der Waals surface area (Å²) in [6, 6.07) is 1.37. The lowest BCUT2D eigenvalue weighted by Crippen LogP contribution is -2.13. The molecule has 2 N–H and O–H groups in total. The third-order valence-corrected chi connectivity index (χ3v) is 1.71. The zero-order valence-corrected chi connectivity index (χ0v) is 8.79. The van der Waals surface area contributed by atoms with E-state index in [-0.39, 0.29) is 17.3 Å². The summed E-state index contributed by atoms with van der Waals surface area (Å²) in [5.74, 6) is 0.0816. The van der Waals surface area contributed by atoms with Gasteiger partial charge in [-0.05, 0) is 13.8 Å². The number of aryl methyl sites for hydroxylation is 1. The SMILES string of the molecule is CC(=O)C(C)=NNc1nc(C)cc(=O)[nH]1. The van der Waals surface area contributed by atoms with Crippen LogP contribution in [0.4, 0.5) is 5.95 Å². The zero-order chi connectivity index (χ0) is 11.4. The summed E-state index contributed by atoms with van der Waals surface area (Å²) in [5, 5.41) is 3.76. The molecule has 80 valence electrons. The molecule has 0 saturated carbocycles. The number of carbonyl (C=O) groups is 1. The maximum Gasteiger partial charge on any atom is 0.252 e. The number of carbonyl (C=O) groups excluding carboxylic acids is 1. The number of hydrogen-bond donors (Lipinski definition) is 2. The molecule has 0 aliphatic carbocycles. The van der Waals surface area contributed by atoms with Crippen molar-refractivity contribution in [3.8, 4) is 0 Å². The van der Waals surface area contributed by atoms with Crippen LogP contribution in [0.1, 0.15) is 19.5 Å². The Hall–Kier alpha value is -1.98. The Labute approximate surface area is 86.4 Å². The molecule has 1 rings (SSSR count). The van der Waals surface area contributed by atoms with Crippen molar-refractivity contribution in [3.63, 3.8) is 0 Å². The van der Waals surface area contributed by atoms with Crippen molar-refractivity contribution in [2.24, 2.45) is 5.10 Å². The molecule has 0 spiro atoms. The lowest BCUT2D eigenvalue weighted by molar-refractivity contribution is -0.111. The molecule has 0 aromatic carbocycles. The average molecular weight is 208 g/mol. The van der Waals surface area contributed by atoms with Gasteiger partial charge in [0.2, 0.25) is 5.95 Å². The van der Waals surface area contributed by atoms with Crippen LogP contribution in [-0.4, -0.2) is 21.5 Å². The maximum absolute atomic E-state index is 11.0. The van der Waals surface area contributed by atoms with Crippen LogP contribution in [0, 0.1) is 6.92 Å². The Bertz CT molecular complexity index is 461. The lowest BCUT2D eigenvalue weighted by atomic mass is 10.3. The van der Waals surface area contributed by atoms with Gasteiger partial charge in [0.25, 0.3) is 5.56 Å². The van der Waals surface area contributed by atoms with Crippen LogP contribution in [0.5, 0.6) is 0 Å². The van der Waals surface area contributed by atoms with E-state index in [1.807, 2.05) is 0 Å². The van der Waals surface area contributed by atoms with Crippen molar-refractivity contribution in [2.75, 3.05) is 5.43 Å². The molecule has 1 heterocycles. The minimum Gasteiger partial charge on any atom is -0.293 e. The molecule has 15 heavy (non-hydrogen) atoms. The number of aromatic amines is 1. The highest BCUT2D eigenvalue weighted by molar-refractivity contribution is 6.38. The van der Waals surface area contributed by atoms with E-state index < -0.39 is 0 Å². The van der Waals surface area contributed by atoms with E-state index in [1.165, 1.54) is 13.0 Å². The van der Waals surface area contributed by atoms with E-state index >= 15 is 0 Å². The van der Waals surface area contributed by atoms with E-state index in [2.05, 4.69) is 20.5 Å². The largest absolute Gasteiger partial charge is 0.293 e. The molecule has 0 unspecified atom stereocenters. The fraction of sp³-hybridized carbons (Fsp3) is 0.333. The standard InChI is InChI=1S/C9H12N4O2/c1-5-4-8(15)11-9(10-5)13-12-6(2)7(3)14/h4H,1-3H3,(H2,10,11,13,15). The number of ketones is 1. The van der Waals surface area contributed by atoms with Crippen LogP contribution in [0.3, 0.4) is 0 Å². The topological polar surface area (TPSA) is 87.2 Å². The minimum atomic E-state index is -0.263. The van der Waals surface area contributed by atoms with Crippen LogP contribution in [0.15, 0.2) is 16.0 Å². The Morgan fingerprint density at radius 3 is 2.73 bits per heavy atom. The second kappa shape index (κ2) is 4.50. The summed E-state index contributed by atoms with van der Waals surface area (Å²) in [7, 11) is 0. The molecule has 0 atom stereocenters. The van der Waals surface area contributed by atoms with Crippen LogP contribution >= 0.6 is 0 Å². The van der Waals surface area contributed by atoms with Crippen molar-refractivity contribution in [1.29, 1.82) is 0 Å². The summed E-state index contributed by atoms with van der Waals surface area (Å²) < 4.78 is 0. The van der Waals surface area contributed by atoms with E-state index in [0.717, 1.165) is 0 Å². The zero-order valence-electron chi connectivity index (χ0n) is 8.79. The first-order valence-electron chi connectivity index (χ1n) is 4.38. The van der Waals surface area contributed by atoms with Gasteiger partial charge in [-0.15, -0.1) is 0 Å². The van der Waals surface area contributed by atoms with Gasteiger partial charge < -0.3 is 0 Å². The first-order chi connectivity index (χ1) is 6.99. The van der Waals surface area contributed by atoms with Gasteiger partial charge in [0, 0.05) is 18.7 Å². The van der Waals surface area contributed by atoms with Gasteiger partial charge in [0.05, 0.1) is 0 Å². The summed E-state index contributed by atoms with van der Waals surface area (Å²) in [6.45, 7) is 4.68. The van der Waals surface area contributed by atoms with Crippen molar-refractivity contribution >= 4 is 17.4 Å². The fourth-order valence-electron chi connectivity index (χ4n) is 0.848. The number of hydrogen-bond acceptors (Lipinski definition) is 5. The minimum absolute atomic E-state index is 0.141. The number of nitrogens with zero attached hydrogens (tertiary/aromatic N) is 2. The summed E-state index contributed by atoms with van der Waals surface area (Å²) in [6.07, 6.45) is 0. The second-order valence-electron chi connectivity index (χ2n) is 3.10. The van der Waals surface area contributed by atoms with Gasteiger partial charge >= 0.3 is 0 Å². The Kier molecular flexibility index (Phi) is 3.33. The smallest absolute Gasteiger partial charge is 0.252 e. The Balaban J connectivity index is 2.86. The van der Waals surface area contributed by atoms with Gasteiger partial charge in [-0.25, -0.2) is 10.4 Å². The molecular weight excluding hydrogens is 196 g/mol. The van der Waals surface area contributed by atoms with Gasteiger partial charge in [-0.1, -0.05) is 0 Å². The van der Waals surface area contributed by atoms with Crippen molar-refractivity contribution < 1.29 is 4.79 Å². The monoisotopic (exact) mass is 208 g/mol. The number of rotatable bonds is 3. The molecule has 0 fully saturated rings. The summed E-state index contributed by atoms with van der Waals surface area (Å²) >= 11 is 0. The van der Waals surface area contributed by atoms with E-state index in [1.54, 1.807) is 13.8 Å². The van der Waals surface area contributed by atoms with E-state index in [9.17, 15) is 9.59 Å². The number of H-pyrrole nitrogens is 1. The third kappa shape index (κ3) is 3.34. The normalized spacial score (nSPS) is 11.3. The van der Waals surface area contributed by atoms with Gasteiger partial charge in [-0.2, -0.15) is 5.10 Å². The van der Waals surface area contributed by atoms with E-state index in [0.29, 0.717) is 11.4 Å². The molecule has 6 heteroatoms. The molecule has 6 nitrogen and oxygen atoms in total. The number of nitrogens with one attached hydrogen (secondary N) is 2. The summed E-state index contributed by atoms with van der Waals surface area (Å²) in [5.41, 5.74) is 3.14. The second-order valence-corrected chi connectivity index (χ2v) is 3.10. The predicted octanol–water partition coefficient (Wildman–Crippen LogP) is 0.455. The van der Waals surface area contributed by atoms with E-state index in [4.69, 9.17) is 0 Å². The Morgan fingerprint density at radius 1 is 1.53 bits per heavy atom. The Morgan fingerprint density at radius 2 is 2.20 bits per heavy atom. The van der Waals surface area contributed by atoms with Gasteiger partial charge in [0.1, 0.15) is 5.71 Å². The molecule has 1 aromatic rings. The molecule has 0 amide bonds. The molecule has 0 radical (unpaired) electrons. The summed E-state index contributed by atoms with van der Waals surface area (Å²) in [4.78, 5) is 28.3. The molecule has 1 aromatic heterocycles. The number of aromatic nitrogens is 2. The highest BCUT2D eigenvalue weighted by Crippen LogP contribution is 1.95. The molecule has 0 bridgehead atoms. The first-order valence-corrected chi connectivity index (χ1v) is 4.38. The van der Waals surface area contributed by atoms with Gasteiger partial charge in [0.15, 0.2) is 5.78 Å². The lowest BCUT2D eigenvalue weighted by Gasteiger charge is -2.00. The van der Waals surface area contributed by atoms with Crippen molar-refractivity contribution in [2.45, 2.75) is 20.8 Å². The number of hydrazone groups is 1. The fourth-order valence-corrected chi connectivity index (χ4v) is 0.848. The first kappa shape index (κ1) is 11.1. The molecule has 0 aliphatic heterocycles. The molecule has 0 saturated heterocycles. The van der Waals surface area contributed by atoms with Crippen LogP contribution < -0.4 is 11.0 Å². The quantitative estimate of drug-likeness (QED) is 0.558. The van der Waals surface area contributed by atoms with Crippen LogP contribution in [0.2, 0.25) is 0 Å². The number of Topliss-reactive ketones (excluding diaryl/α,β-unsaturated/α-hetero) is 1. The van der Waals surface area contributed by atoms with Crippen LogP contribution in [0.25, 0.3) is 0 Å². The maximum atomic E-state index is 11.0. The molecular formula is C9H12N4O2. The van der Waals surface area contributed by atoms with Crippen molar-refractivity contribution in [1.82, 2.24) is 9.97 Å². The highest BCUT2D eigenvalue weighted by Gasteiger charge is 1.99. The van der Waals surface area contributed by atoms with Crippen LogP contribution in [-0.2, 0) is 4.79 Å².